The predicted molar refractivity (Wildman–Crippen MR) is 50.4 cm³/mol. The van der Waals surface area contributed by atoms with Gasteiger partial charge < -0.3 is 4.90 Å². The van der Waals surface area contributed by atoms with Crippen LogP contribution < -0.4 is 4.90 Å². The van der Waals surface area contributed by atoms with Gasteiger partial charge in [0.1, 0.15) is 0 Å². The molecule has 2 nitrogen and oxygen atoms in total. The lowest BCUT2D eigenvalue weighted by Gasteiger charge is -2.17. The van der Waals surface area contributed by atoms with Crippen LogP contribution in [-0.4, -0.2) is 18.6 Å². The van der Waals surface area contributed by atoms with Gasteiger partial charge in [-0.1, -0.05) is 0 Å². The fourth-order valence-corrected chi connectivity index (χ4v) is 1.75. The van der Waals surface area contributed by atoms with Crippen molar-refractivity contribution in [1.82, 2.24) is 4.98 Å². The molecule has 1 aromatic heterocycles. The minimum absolute atomic E-state index is 1.17. The Labute approximate surface area is 73.2 Å². The summed E-state index contributed by atoms with van der Waals surface area (Å²) < 4.78 is 0. The maximum Gasteiger partial charge on any atom is 0.0582 e. The summed E-state index contributed by atoms with van der Waals surface area (Å²) in [4.78, 5) is 6.45. The van der Waals surface area contributed by atoms with Crippen molar-refractivity contribution in [2.75, 3.05) is 18.5 Å². The van der Waals surface area contributed by atoms with Crippen molar-refractivity contribution in [2.24, 2.45) is 0 Å². The summed E-state index contributed by atoms with van der Waals surface area (Å²) in [6.07, 6.45) is 7.67. The fraction of sp³-hybridized carbons (Fsp3) is 0.500. The van der Waals surface area contributed by atoms with Crippen LogP contribution in [0.2, 0.25) is 0 Å². The van der Waals surface area contributed by atoms with E-state index in [1.807, 2.05) is 12.4 Å². The Kier molecular flexibility index (Phi) is 1.98. The lowest BCUT2D eigenvalue weighted by molar-refractivity contribution is 0.750. The zero-order chi connectivity index (χ0) is 8.39. The largest absolute Gasteiger partial charge is 0.373 e. The maximum absolute atomic E-state index is 4.15. The molecule has 0 atom stereocenters. The summed E-state index contributed by atoms with van der Waals surface area (Å²) in [5, 5.41) is 0. The number of rotatable bonds is 0. The van der Waals surface area contributed by atoms with Crippen LogP contribution in [0.3, 0.4) is 0 Å². The Bertz CT molecular complexity index is 270. The smallest absolute Gasteiger partial charge is 0.0582 e. The van der Waals surface area contributed by atoms with Gasteiger partial charge in [0.15, 0.2) is 0 Å². The monoisotopic (exact) mass is 162 g/mol. The number of hydrogen-bond acceptors (Lipinski definition) is 2. The van der Waals surface area contributed by atoms with E-state index < -0.39 is 0 Å². The quantitative estimate of drug-likeness (QED) is 0.578. The van der Waals surface area contributed by atoms with Crippen molar-refractivity contribution in [3.05, 3.63) is 24.0 Å². The number of pyridine rings is 1. The van der Waals surface area contributed by atoms with Crippen LogP contribution in [0.1, 0.15) is 18.4 Å². The molecule has 12 heavy (non-hydrogen) atoms. The fourth-order valence-electron chi connectivity index (χ4n) is 1.75. The molecule has 0 unspecified atom stereocenters. The van der Waals surface area contributed by atoms with E-state index in [1.165, 1.54) is 37.1 Å². The van der Waals surface area contributed by atoms with Crippen molar-refractivity contribution in [1.29, 1.82) is 0 Å². The van der Waals surface area contributed by atoms with Crippen LogP contribution in [0, 0.1) is 0 Å². The highest BCUT2D eigenvalue weighted by Crippen LogP contribution is 2.23. The Hall–Kier alpha value is -1.05. The first kappa shape index (κ1) is 7.59. The average molecular weight is 162 g/mol. The van der Waals surface area contributed by atoms with Gasteiger partial charge in [0.2, 0.25) is 0 Å². The highest BCUT2D eigenvalue weighted by Gasteiger charge is 2.10. The van der Waals surface area contributed by atoms with E-state index in [0.717, 1.165) is 0 Å². The van der Waals surface area contributed by atoms with Gasteiger partial charge in [0.25, 0.3) is 0 Å². The van der Waals surface area contributed by atoms with Crippen molar-refractivity contribution in [3.63, 3.8) is 0 Å². The first-order valence-corrected chi connectivity index (χ1v) is 4.52. The van der Waals surface area contributed by atoms with E-state index in [1.54, 1.807) is 0 Å². The van der Waals surface area contributed by atoms with Crippen molar-refractivity contribution >= 4 is 5.69 Å². The van der Waals surface area contributed by atoms with Gasteiger partial charge >= 0.3 is 0 Å². The third-order valence-corrected chi connectivity index (χ3v) is 2.49. The molecule has 0 amide bonds. The summed E-state index contributed by atoms with van der Waals surface area (Å²) in [5.74, 6) is 0. The molecule has 0 aromatic carbocycles. The normalized spacial score (nSPS) is 16.9. The van der Waals surface area contributed by atoms with Crippen LogP contribution in [-0.2, 0) is 6.42 Å². The Morgan fingerprint density at radius 3 is 3.25 bits per heavy atom. The van der Waals surface area contributed by atoms with Crippen LogP contribution in [0.15, 0.2) is 18.5 Å². The van der Waals surface area contributed by atoms with Crippen molar-refractivity contribution in [3.8, 4) is 0 Å². The van der Waals surface area contributed by atoms with E-state index in [9.17, 15) is 0 Å². The molecule has 1 aromatic rings. The third-order valence-electron chi connectivity index (χ3n) is 2.49. The molecule has 2 rings (SSSR count). The zero-order valence-corrected chi connectivity index (χ0v) is 7.45. The van der Waals surface area contributed by atoms with Crippen molar-refractivity contribution < 1.29 is 0 Å². The molecular weight excluding hydrogens is 148 g/mol. The highest BCUT2D eigenvalue weighted by molar-refractivity contribution is 5.51. The molecular formula is C10H14N2. The first-order valence-electron chi connectivity index (χ1n) is 4.52. The van der Waals surface area contributed by atoms with E-state index in [0.29, 0.717) is 0 Å². The molecule has 0 radical (unpaired) electrons. The van der Waals surface area contributed by atoms with E-state index >= 15 is 0 Å². The molecule has 0 N–H and O–H groups in total. The van der Waals surface area contributed by atoms with Gasteiger partial charge in [-0.05, 0) is 30.9 Å². The summed E-state index contributed by atoms with van der Waals surface area (Å²) in [7, 11) is 2.14. The summed E-state index contributed by atoms with van der Waals surface area (Å²) >= 11 is 0. The zero-order valence-electron chi connectivity index (χ0n) is 7.45. The van der Waals surface area contributed by atoms with Crippen LogP contribution in [0.25, 0.3) is 0 Å². The van der Waals surface area contributed by atoms with Gasteiger partial charge in [-0.25, -0.2) is 0 Å². The Morgan fingerprint density at radius 1 is 1.42 bits per heavy atom. The molecule has 0 bridgehead atoms. The van der Waals surface area contributed by atoms with Crippen molar-refractivity contribution in [2.45, 2.75) is 19.3 Å². The second-order valence-electron chi connectivity index (χ2n) is 3.38. The summed E-state index contributed by atoms with van der Waals surface area (Å²) in [6.45, 7) is 1.17. The van der Waals surface area contributed by atoms with Crippen LogP contribution in [0.5, 0.6) is 0 Å². The second kappa shape index (κ2) is 3.13. The predicted octanol–water partition coefficient (Wildman–Crippen LogP) is 1.85. The molecule has 1 aliphatic rings. The minimum Gasteiger partial charge on any atom is -0.373 e. The number of aryl methyl sites for hydroxylation is 1. The van der Waals surface area contributed by atoms with E-state index in [2.05, 4.69) is 23.0 Å². The molecule has 0 saturated heterocycles. The van der Waals surface area contributed by atoms with Crippen LogP contribution in [0.4, 0.5) is 5.69 Å². The number of aromatic nitrogens is 1. The second-order valence-corrected chi connectivity index (χ2v) is 3.38. The Balaban J connectivity index is 2.39. The molecule has 0 spiro atoms. The Morgan fingerprint density at radius 2 is 2.33 bits per heavy atom. The lowest BCUT2D eigenvalue weighted by atomic mass is 10.1. The van der Waals surface area contributed by atoms with Gasteiger partial charge in [0, 0.05) is 19.8 Å². The topological polar surface area (TPSA) is 16.1 Å². The third kappa shape index (κ3) is 1.29. The van der Waals surface area contributed by atoms with E-state index in [-0.39, 0.29) is 0 Å². The first-order chi connectivity index (χ1) is 5.88. The maximum atomic E-state index is 4.15. The number of anilines is 1. The van der Waals surface area contributed by atoms with Gasteiger partial charge in [-0.2, -0.15) is 0 Å². The number of fused-ring (bicyclic) bond motifs is 1. The minimum atomic E-state index is 1.17. The van der Waals surface area contributed by atoms with Gasteiger partial charge in [-0.15, -0.1) is 0 Å². The molecule has 1 aliphatic heterocycles. The standard InChI is InChI=1S/C10H14N2/c1-12-7-3-2-4-9-5-6-11-8-10(9)12/h5-6,8H,2-4,7H2,1H3. The van der Waals surface area contributed by atoms with E-state index in [4.69, 9.17) is 0 Å². The number of nitrogens with zero attached hydrogens (tertiary/aromatic N) is 2. The molecule has 2 heterocycles. The highest BCUT2D eigenvalue weighted by atomic mass is 15.1. The number of hydrogen-bond donors (Lipinski definition) is 0. The molecule has 2 heteroatoms. The van der Waals surface area contributed by atoms with Gasteiger partial charge in [-0.3, -0.25) is 4.98 Å². The van der Waals surface area contributed by atoms with Gasteiger partial charge in [0.05, 0.1) is 11.9 Å². The molecule has 0 saturated carbocycles. The van der Waals surface area contributed by atoms with Crippen LogP contribution >= 0.6 is 0 Å². The molecule has 0 aliphatic carbocycles. The summed E-state index contributed by atoms with van der Waals surface area (Å²) in [6, 6.07) is 2.14. The summed E-state index contributed by atoms with van der Waals surface area (Å²) in [5.41, 5.74) is 2.76. The lowest BCUT2D eigenvalue weighted by Crippen LogP contribution is -2.17. The molecule has 64 valence electrons. The molecule has 0 fully saturated rings. The SMILES string of the molecule is CN1CCCCc2ccncc21. The average Bonchev–Trinajstić information content (AvgIpc) is 2.29.